The molecule has 2 atom stereocenters. The number of hydrogen-bond donors (Lipinski definition) is 1. The van der Waals surface area contributed by atoms with Gasteiger partial charge in [-0.15, -0.1) is 0 Å². The summed E-state index contributed by atoms with van der Waals surface area (Å²) in [7, 11) is 0. The second-order valence-electron chi connectivity index (χ2n) is 6.66. The Hall–Kier alpha value is -1.61. The van der Waals surface area contributed by atoms with Gasteiger partial charge in [-0.25, -0.2) is 4.98 Å². The van der Waals surface area contributed by atoms with Gasteiger partial charge in [-0.2, -0.15) is 0 Å². The molecule has 2 fully saturated rings. The van der Waals surface area contributed by atoms with Crippen LogP contribution in [0, 0.1) is 5.41 Å². The van der Waals surface area contributed by atoms with Crippen molar-refractivity contribution in [2.45, 2.75) is 38.2 Å². The third kappa shape index (κ3) is 2.20. The summed E-state index contributed by atoms with van der Waals surface area (Å²) in [6.07, 6.45) is 5.50. The number of aliphatic hydroxyl groups excluding tert-OH is 1. The van der Waals surface area contributed by atoms with Gasteiger partial charge in [0.15, 0.2) is 0 Å². The van der Waals surface area contributed by atoms with Gasteiger partial charge in [0.1, 0.15) is 5.82 Å². The molecule has 1 aliphatic heterocycles. The Labute approximate surface area is 125 Å². The normalized spacial score (nSPS) is 29.4. The lowest BCUT2D eigenvalue weighted by molar-refractivity contribution is 0.0408. The first-order valence-corrected chi connectivity index (χ1v) is 8.06. The van der Waals surface area contributed by atoms with Gasteiger partial charge >= 0.3 is 0 Å². The third-order valence-electron chi connectivity index (χ3n) is 5.38. The molecule has 0 unspecified atom stereocenters. The van der Waals surface area contributed by atoms with Crippen molar-refractivity contribution in [3.63, 3.8) is 0 Å². The fourth-order valence-corrected chi connectivity index (χ4v) is 4.18. The average molecular weight is 282 g/mol. The van der Waals surface area contributed by atoms with E-state index in [1.54, 1.807) is 0 Å². The first-order valence-electron chi connectivity index (χ1n) is 8.06. The highest BCUT2D eigenvalue weighted by Gasteiger charge is 2.44. The summed E-state index contributed by atoms with van der Waals surface area (Å²) in [4.78, 5) is 7.20. The molecule has 1 aromatic heterocycles. The van der Waals surface area contributed by atoms with E-state index in [2.05, 4.69) is 35.2 Å². The van der Waals surface area contributed by atoms with Crippen LogP contribution in [0.25, 0.3) is 10.9 Å². The minimum absolute atomic E-state index is 0.117. The van der Waals surface area contributed by atoms with Crippen LogP contribution in [-0.2, 0) is 0 Å². The molecule has 2 aliphatic rings. The molecule has 1 saturated carbocycles. The van der Waals surface area contributed by atoms with Crippen molar-refractivity contribution in [1.29, 1.82) is 0 Å². The zero-order valence-electron chi connectivity index (χ0n) is 12.3. The predicted molar refractivity (Wildman–Crippen MR) is 85.5 cm³/mol. The van der Waals surface area contributed by atoms with E-state index in [9.17, 15) is 5.11 Å². The second kappa shape index (κ2) is 4.99. The van der Waals surface area contributed by atoms with E-state index in [0.717, 1.165) is 50.1 Å². The molecular formula is C18H22N2O. The Bertz CT molecular complexity index is 656. The van der Waals surface area contributed by atoms with Gasteiger partial charge in [0, 0.05) is 23.9 Å². The topological polar surface area (TPSA) is 36.4 Å². The Morgan fingerprint density at radius 3 is 2.81 bits per heavy atom. The predicted octanol–water partition coefficient (Wildman–Crippen LogP) is 3.37. The van der Waals surface area contributed by atoms with Crippen LogP contribution >= 0.6 is 0 Å². The second-order valence-corrected chi connectivity index (χ2v) is 6.66. The quantitative estimate of drug-likeness (QED) is 0.871. The van der Waals surface area contributed by atoms with Gasteiger partial charge in [-0.3, -0.25) is 0 Å². The van der Waals surface area contributed by atoms with Gasteiger partial charge in [0.25, 0.3) is 0 Å². The van der Waals surface area contributed by atoms with Crippen molar-refractivity contribution in [1.82, 2.24) is 4.98 Å². The standard InChI is InChI=1S/C18H22N2O/c21-16-7-3-10-18(16)11-4-12-20(13-18)17-9-8-14-5-1-2-6-15(14)19-17/h1-2,5-6,8-9,16,21H,3-4,7,10-13H2/t16-,18+/m1/s1. The molecule has 1 N–H and O–H groups in total. The number of hydrogen-bond acceptors (Lipinski definition) is 3. The number of nitrogens with zero attached hydrogens (tertiary/aromatic N) is 2. The molecule has 1 aromatic carbocycles. The third-order valence-corrected chi connectivity index (χ3v) is 5.38. The average Bonchev–Trinajstić information content (AvgIpc) is 2.87. The van der Waals surface area contributed by atoms with Crippen LogP contribution in [0.4, 0.5) is 5.82 Å². The Balaban J connectivity index is 1.65. The molecule has 1 spiro atoms. The first-order chi connectivity index (χ1) is 10.3. The molecule has 0 radical (unpaired) electrons. The summed E-state index contributed by atoms with van der Waals surface area (Å²) in [6, 6.07) is 12.5. The molecule has 0 bridgehead atoms. The number of pyridine rings is 1. The van der Waals surface area contributed by atoms with Crippen molar-refractivity contribution in [3.05, 3.63) is 36.4 Å². The molecule has 2 heterocycles. The number of para-hydroxylation sites is 1. The smallest absolute Gasteiger partial charge is 0.129 e. The fourth-order valence-electron chi connectivity index (χ4n) is 4.18. The molecule has 4 rings (SSSR count). The Morgan fingerprint density at radius 1 is 1.10 bits per heavy atom. The highest BCUT2D eigenvalue weighted by molar-refractivity contribution is 5.80. The number of fused-ring (bicyclic) bond motifs is 1. The van der Waals surface area contributed by atoms with Gasteiger partial charge in [0.05, 0.1) is 11.6 Å². The van der Waals surface area contributed by atoms with Crippen LogP contribution in [0.5, 0.6) is 0 Å². The van der Waals surface area contributed by atoms with E-state index in [0.29, 0.717) is 0 Å². The van der Waals surface area contributed by atoms with Crippen molar-refractivity contribution < 1.29 is 5.11 Å². The van der Waals surface area contributed by atoms with Crippen LogP contribution in [0.1, 0.15) is 32.1 Å². The lowest BCUT2D eigenvalue weighted by Crippen LogP contribution is -2.47. The van der Waals surface area contributed by atoms with E-state index in [1.165, 1.54) is 11.8 Å². The molecule has 21 heavy (non-hydrogen) atoms. The van der Waals surface area contributed by atoms with E-state index in [-0.39, 0.29) is 11.5 Å². The van der Waals surface area contributed by atoms with Gasteiger partial charge < -0.3 is 10.0 Å². The summed E-state index contributed by atoms with van der Waals surface area (Å²) in [6.45, 7) is 2.01. The summed E-state index contributed by atoms with van der Waals surface area (Å²) in [5.74, 6) is 1.06. The maximum Gasteiger partial charge on any atom is 0.129 e. The molecule has 1 saturated heterocycles. The highest BCUT2D eigenvalue weighted by Crippen LogP contribution is 2.45. The van der Waals surface area contributed by atoms with Crippen molar-refractivity contribution in [2.75, 3.05) is 18.0 Å². The highest BCUT2D eigenvalue weighted by atomic mass is 16.3. The van der Waals surface area contributed by atoms with E-state index in [1.807, 2.05) is 6.07 Å². The monoisotopic (exact) mass is 282 g/mol. The number of aliphatic hydroxyl groups is 1. The minimum atomic E-state index is -0.124. The Morgan fingerprint density at radius 2 is 1.95 bits per heavy atom. The number of benzene rings is 1. The molecular weight excluding hydrogens is 260 g/mol. The maximum atomic E-state index is 10.4. The minimum Gasteiger partial charge on any atom is -0.392 e. The molecule has 1 aliphatic carbocycles. The zero-order chi connectivity index (χ0) is 14.3. The molecule has 2 aromatic rings. The SMILES string of the molecule is O[C@@H]1CCC[C@@]12CCCN(c1ccc3ccccc3n1)C2. The van der Waals surface area contributed by atoms with Crippen LogP contribution < -0.4 is 4.90 Å². The lowest BCUT2D eigenvalue weighted by Gasteiger charge is -2.43. The molecule has 110 valence electrons. The number of anilines is 1. The summed E-state index contributed by atoms with van der Waals surface area (Å²) >= 11 is 0. The first kappa shape index (κ1) is 13.1. The van der Waals surface area contributed by atoms with Gasteiger partial charge in [0.2, 0.25) is 0 Å². The van der Waals surface area contributed by atoms with Gasteiger partial charge in [-0.05, 0) is 43.9 Å². The molecule has 0 amide bonds. The molecule has 3 nitrogen and oxygen atoms in total. The number of piperidine rings is 1. The lowest BCUT2D eigenvalue weighted by atomic mass is 9.76. The van der Waals surface area contributed by atoms with E-state index in [4.69, 9.17) is 4.98 Å². The maximum absolute atomic E-state index is 10.4. The number of aromatic nitrogens is 1. The van der Waals surface area contributed by atoms with Gasteiger partial charge in [-0.1, -0.05) is 24.6 Å². The van der Waals surface area contributed by atoms with Crippen molar-refractivity contribution in [3.8, 4) is 0 Å². The Kier molecular flexibility index (Phi) is 3.11. The van der Waals surface area contributed by atoms with Crippen LogP contribution in [0.3, 0.4) is 0 Å². The summed E-state index contributed by atoms with van der Waals surface area (Å²) in [5.41, 5.74) is 1.17. The zero-order valence-corrected chi connectivity index (χ0v) is 12.3. The van der Waals surface area contributed by atoms with Crippen LogP contribution in [0.2, 0.25) is 0 Å². The van der Waals surface area contributed by atoms with E-state index < -0.39 is 0 Å². The number of rotatable bonds is 1. The summed E-state index contributed by atoms with van der Waals surface area (Å²) in [5, 5.41) is 11.6. The fraction of sp³-hybridized carbons (Fsp3) is 0.500. The van der Waals surface area contributed by atoms with E-state index >= 15 is 0 Å². The van der Waals surface area contributed by atoms with Crippen molar-refractivity contribution in [2.24, 2.45) is 5.41 Å². The van der Waals surface area contributed by atoms with Crippen LogP contribution in [-0.4, -0.2) is 29.3 Å². The van der Waals surface area contributed by atoms with Crippen molar-refractivity contribution >= 4 is 16.7 Å². The largest absolute Gasteiger partial charge is 0.392 e. The molecule has 3 heteroatoms. The van der Waals surface area contributed by atoms with Crippen LogP contribution in [0.15, 0.2) is 36.4 Å². The summed E-state index contributed by atoms with van der Waals surface area (Å²) < 4.78 is 0.